The topological polar surface area (TPSA) is 49.3 Å². The number of phenols is 1. The summed E-state index contributed by atoms with van der Waals surface area (Å²) >= 11 is 0. The average Bonchev–Trinajstić information content (AvgIpc) is 2.34. The Morgan fingerprint density at radius 2 is 2.22 bits per heavy atom. The van der Waals surface area contributed by atoms with Crippen LogP contribution in [0.25, 0.3) is 0 Å². The molecule has 0 aliphatic heterocycles. The highest BCUT2D eigenvalue weighted by atomic mass is 16.3. The summed E-state index contributed by atoms with van der Waals surface area (Å²) in [5.74, 6) is 0.0725. The van der Waals surface area contributed by atoms with Crippen LogP contribution in [-0.2, 0) is 4.79 Å². The third kappa shape index (κ3) is 3.36. The molecule has 1 aliphatic rings. The number of benzene rings is 1. The van der Waals surface area contributed by atoms with Gasteiger partial charge in [0.1, 0.15) is 5.75 Å². The number of hydrogen-bond donors (Lipinski definition) is 2. The summed E-state index contributed by atoms with van der Waals surface area (Å²) in [6.45, 7) is 1.90. The molecular weight excluding hydrogens is 226 g/mol. The lowest BCUT2D eigenvalue weighted by molar-refractivity contribution is -0.115. The van der Waals surface area contributed by atoms with Crippen LogP contribution in [0.4, 0.5) is 5.69 Å². The highest BCUT2D eigenvalue weighted by molar-refractivity contribution is 5.93. The van der Waals surface area contributed by atoms with E-state index in [4.69, 9.17) is 0 Å². The van der Waals surface area contributed by atoms with Gasteiger partial charge in [-0.1, -0.05) is 17.7 Å². The van der Waals surface area contributed by atoms with Crippen molar-refractivity contribution in [1.29, 1.82) is 0 Å². The molecule has 0 unspecified atom stereocenters. The van der Waals surface area contributed by atoms with Gasteiger partial charge in [0.2, 0.25) is 5.91 Å². The van der Waals surface area contributed by atoms with E-state index in [1.165, 1.54) is 18.4 Å². The maximum atomic E-state index is 11.9. The minimum absolute atomic E-state index is 0.0534. The molecule has 1 aromatic carbocycles. The van der Waals surface area contributed by atoms with Gasteiger partial charge in [-0.2, -0.15) is 0 Å². The van der Waals surface area contributed by atoms with E-state index in [1.54, 1.807) is 12.1 Å². The van der Waals surface area contributed by atoms with E-state index in [2.05, 4.69) is 11.4 Å². The minimum Gasteiger partial charge on any atom is -0.506 e. The zero-order chi connectivity index (χ0) is 13.0. The van der Waals surface area contributed by atoms with Crippen LogP contribution in [0.2, 0.25) is 0 Å². The smallest absolute Gasteiger partial charge is 0.228 e. The lowest BCUT2D eigenvalue weighted by atomic mass is 9.97. The van der Waals surface area contributed by atoms with E-state index in [0.717, 1.165) is 18.4 Å². The Kier molecular flexibility index (Phi) is 4.03. The van der Waals surface area contributed by atoms with Gasteiger partial charge in [0, 0.05) is 6.42 Å². The monoisotopic (exact) mass is 245 g/mol. The highest BCUT2D eigenvalue weighted by Crippen LogP contribution is 2.25. The van der Waals surface area contributed by atoms with Crippen molar-refractivity contribution in [2.75, 3.05) is 5.32 Å². The zero-order valence-corrected chi connectivity index (χ0v) is 10.7. The lowest BCUT2D eigenvalue weighted by Gasteiger charge is -2.13. The Hall–Kier alpha value is -1.77. The number of phenolic OH excluding ortho intramolecular Hbond substituents is 1. The number of amides is 1. The molecule has 2 rings (SSSR count). The Morgan fingerprint density at radius 3 is 2.89 bits per heavy atom. The molecule has 0 saturated carbocycles. The molecule has 96 valence electrons. The molecule has 0 spiro atoms. The molecule has 1 aromatic rings. The van der Waals surface area contributed by atoms with Crippen LogP contribution >= 0.6 is 0 Å². The normalized spacial score (nSPS) is 15.1. The number of aryl methyl sites for hydroxylation is 1. The predicted molar refractivity (Wildman–Crippen MR) is 72.6 cm³/mol. The molecule has 3 nitrogen and oxygen atoms in total. The molecule has 2 N–H and O–H groups in total. The van der Waals surface area contributed by atoms with Gasteiger partial charge in [-0.25, -0.2) is 0 Å². The van der Waals surface area contributed by atoms with Gasteiger partial charge in [0.25, 0.3) is 0 Å². The van der Waals surface area contributed by atoms with E-state index in [1.807, 2.05) is 13.0 Å². The first-order chi connectivity index (χ1) is 8.65. The third-order valence-electron chi connectivity index (χ3n) is 3.20. The second-order valence-corrected chi connectivity index (χ2v) is 4.85. The van der Waals surface area contributed by atoms with Crippen LogP contribution in [0.15, 0.2) is 29.8 Å². The first-order valence-corrected chi connectivity index (χ1v) is 6.42. The Bertz CT molecular complexity index is 477. The van der Waals surface area contributed by atoms with E-state index < -0.39 is 0 Å². The second-order valence-electron chi connectivity index (χ2n) is 4.85. The number of carbonyl (C=O) groups is 1. The maximum absolute atomic E-state index is 11.9. The van der Waals surface area contributed by atoms with Crippen molar-refractivity contribution < 1.29 is 9.90 Å². The van der Waals surface area contributed by atoms with Crippen LogP contribution in [-0.4, -0.2) is 11.0 Å². The van der Waals surface area contributed by atoms with Gasteiger partial charge in [-0.15, -0.1) is 0 Å². The van der Waals surface area contributed by atoms with Crippen molar-refractivity contribution >= 4 is 11.6 Å². The van der Waals surface area contributed by atoms with Crippen molar-refractivity contribution in [2.45, 2.75) is 39.0 Å². The van der Waals surface area contributed by atoms with E-state index >= 15 is 0 Å². The molecular formula is C15H19NO2. The van der Waals surface area contributed by atoms with Crippen molar-refractivity contribution in [3.63, 3.8) is 0 Å². The molecule has 18 heavy (non-hydrogen) atoms. The molecule has 0 aromatic heterocycles. The molecule has 0 fully saturated rings. The van der Waals surface area contributed by atoms with Gasteiger partial charge >= 0.3 is 0 Å². The van der Waals surface area contributed by atoms with Gasteiger partial charge in [-0.3, -0.25) is 4.79 Å². The summed E-state index contributed by atoms with van der Waals surface area (Å²) < 4.78 is 0. The number of hydrogen-bond acceptors (Lipinski definition) is 2. The summed E-state index contributed by atoms with van der Waals surface area (Å²) in [7, 11) is 0. The van der Waals surface area contributed by atoms with E-state index in [9.17, 15) is 9.90 Å². The number of anilines is 1. The molecule has 3 heteroatoms. The van der Waals surface area contributed by atoms with Crippen LogP contribution in [0, 0.1) is 6.92 Å². The largest absolute Gasteiger partial charge is 0.506 e. The fourth-order valence-electron chi connectivity index (χ4n) is 2.21. The zero-order valence-electron chi connectivity index (χ0n) is 10.7. The van der Waals surface area contributed by atoms with Crippen LogP contribution in [0.5, 0.6) is 5.75 Å². The van der Waals surface area contributed by atoms with Gasteiger partial charge in [-0.05, 0) is 50.3 Å². The summed E-state index contributed by atoms with van der Waals surface area (Å²) in [5, 5.41) is 12.5. The molecule has 0 radical (unpaired) electrons. The second kappa shape index (κ2) is 5.71. The van der Waals surface area contributed by atoms with Crippen LogP contribution in [0.3, 0.4) is 0 Å². The van der Waals surface area contributed by atoms with Crippen molar-refractivity contribution in [3.05, 3.63) is 35.4 Å². The van der Waals surface area contributed by atoms with Gasteiger partial charge < -0.3 is 10.4 Å². The third-order valence-corrected chi connectivity index (χ3v) is 3.20. The number of rotatable bonds is 3. The highest BCUT2D eigenvalue weighted by Gasteiger charge is 2.10. The van der Waals surface area contributed by atoms with Crippen molar-refractivity contribution in [3.8, 4) is 5.75 Å². The quantitative estimate of drug-likeness (QED) is 0.632. The summed E-state index contributed by atoms with van der Waals surface area (Å²) in [4.78, 5) is 11.9. The Balaban J connectivity index is 1.96. The average molecular weight is 245 g/mol. The van der Waals surface area contributed by atoms with Crippen LogP contribution < -0.4 is 5.32 Å². The summed E-state index contributed by atoms with van der Waals surface area (Å²) in [6, 6.07) is 5.25. The van der Waals surface area contributed by atoms with E-state index in [0.29, 0.717) is 12.1 Å². The Morgan fingerprint density at radius 1 is 1.39 bits per heavy atom. The molecule has 0 atom stereocenters. The van der Waals surface area contributed by atoms with Crippen LogP contribution in [0.1, 0.15) is 37.7 Å². The van der Waals surface area contributed by atoms with Gasteiger partial charge in [0.05, 0.1) is 5.69 Å². The number of nitrogens with one attached hydrogen (secondary N) is 1. The SMILES string of the molecule is Cc1ccc(NC(=O)CC2=CCCCC2)c(O)c1. The summed E-state index contributed by atoms with van der Waals surface area (Å²) in [5.41, 5.74) is 2.67. The maximum Gasteiger partial charge on any atom is 0.228 e. The lowest BCUT2D eigenvalue weighted by Crippen LogP contribution is -2.13. The first-order valence-electron chi connectivity index (χ1n) is 6.42. The standard InChI is InChI=1S/C15H19NO2/c1-11-7-8-13(14(17)9-11)16-15(18)10-12-5-3-2-4-6-12/h5,7-9,17H,2-4,6,10H2,1H3,(H,16,18). The first kappa shape index (κ1) is 12.7. The number of carbonyl (C=O) groups excluding carboxylic acids is 1. The molecule has 1 aliphatic carbocycles. The van der Waals surface area contributed by atoms with Crippen molar-refractivity contribution in [2.24, 2.45) is 0 Å². The van der Waals surface area contributed by atoms with Gasteiger partial charge in [0.15, 0.2) is 0 Å². The van der Waals surface area contributed by atoms with E-state index in [-0.39, 0.29) is 11.7 Å². The number of allylic oxidation sites excluding steroid dienone is 1. The number of aromatic hydroxyl groups is 1. The van der Waals surface area contributed by atoms with Crippen molar-refractivity contribution in [1.82, 2.24) is 0 Å². The predicted octanol–water partition coefficient (Wildman–Crippen LogP) is 3.53. The Labute approximate surface area is 108 Å². The molecule has 0 bridgehead atoms. The molecule has 1 amide bonds. The molecule has 0 heterocycles. The molecule has 0 saturated heterocycles. The fourth-order valence-corrected chi connectivity index (χ4v) is 2.21. The summed E-state index contributed by atoms with van der Waals surface area (Å²) in [6.07, 6.45) is 7.11. The minimum atomic E-state index is -0.0534. The fraction of sp³-hybridized carbons (Fsp3) is 0.400.